The average Bonchev–Trinajstić information content (AvgIpc) is 2.91. The van der Waals surface area contributed by atoms with Crippen LogP contribution >= 0.6 is 0 Å². The average molecular weight is 336 g/mol. The summed E-state index contributed by atoms with van der Waals surface area (Å²) in [5.41, 5.74) is 2.98. The van der Waals surface area contributed by atoms with Crippen LogP contribution in [0.15, 0.2) is 66.7 Å². The maximum absolute atomic E-state index is 13.7. The van der Waals surface area contributed by atoms with Gasteiger partial charge in [-0.15, -0.1) is 0 Å². The number of benzene rings is 3. The van der Waals surface area contributed by atoms with Gasteiger partial charge in [0.25, 0.3) is 0 Å². The molecule has 4 rings (SSSR count). The molecule has 3 aromatic carbocycles. The van der Waals surface area contributed by atoms with Crippen molar-refractivity contribution in [3.63, 3.8) is 0 Å². The summed E-state index contributed by atoms with van der Waals surface area (Å²) in [5.74, 6) is -2.65. The van der Waals surface area contributed by atoms with Gasteiger partial charge < -0.3 is 0 Å². The molecule has 0 N–H and O–H groups in total. The first-order valence-electron chi connectivity index (χ1n) is 7.66. The van der Waals surface area contributed by atoms with Crippen molar-refractivity contribution in [1.82, 2.24) is 0 Å². The molecule has 0 heterocycles. The lowest BCUT2D eigenvalue weighted by Crippen LogP contribution is -1.99. The summed E-state index contributed by atoms with van der Waals surface area (Å²) >= 11 is 0. The van der Waals surface area contributed by atoms with Gasteiger partial charge >= 0.3 is 0 Å². The summed E-state index contributed by atoms with van der Waals surface area (Å²) in [5, 5.41) is 0. The van der Waals surface area contributed by atoms with E-state index in [1.807, 2.05) is 0 Å². The molecule has 0 aliphatic heterocycles. The lowest BCUT2D eigenvalue weighted by molar-refractivity contribution is 0.105. The van der Waals surface area contributed by atoms with Crippen LogP contribution in [0.3, 0.4) is 0 Å². The van der Waals surface area contributed by atoms with E-state index >= 15 is 0 Å². The van der Waals surface area contributed by atoms with Gasteiger partial charge in [-0.2, -0.15) is 0 Å². The van der Waals surface area contributed by atoms with Gasteiger partial charge in [0, 0.05) is 16.7 Å². The highest BCUT2D eigenvalue weighted by atomic mass is 19.2. The van der Waals surface area contributed by atoms with Gasteiger partial charge in [-0.05, 0) is 41.0 Å². The van der Waals surface area contributed by atoms with Crippen LogP contribution in [0.2, 0.25) is 0 Å². The van der Waals surface area contributed by atoms with Crippen molar-refractivity contribution in [3.05, 3.63) is 106 Å². The van der Waals surface area contributed by atoms with Gasteiger partial charge in [-0.25, -0.2) is 13.2 Å². The van der Waals surface area contributed by atoms with Crippen molar-refractivity contribution in [2.45, 2.75) is 0 Å². The molecule has 0 unspecified atom stereocenters. The van der Waals surface area contributed by atoms with Crippen LogP contribution in [0.4, 0.5) is 13.2 Å². The maximum Gasteiger partial charge on any atom is 0.194 e. The number of carbonyl (C=O) groups excluding carboxylic acids is 1. The summed E-state index contributed by atoms with van der Waals surface area (Å²) in [7, 11) is 0. The third-order valence-corrected chi connectivity index (χ3v) is 4.26. The molecule has 1 aliphatic rings. The van der Waals surface area contributed by atoms with Gasteiger partial charge in [0.2, 0.25) is 0 Å². The third-order valence-electron chi connectivity index (χ3n) is 4.26. The predicted octanol–water partition coefficient (Wildman–Crippen LogP) is 5.26. The van der Waals surface area contributed by atoms with Gasteiger partial charge in [0.15, 0.2) is 17.4 Å². The lowest BCUT2D eigenvalue weighted by Gasteiger charge is -2.09. The zero-order valence-corrected chi connectivity index (χ0v) is 12.9. The highest BCUT2D eigenvalue weighted by Gasteiger charge is 2.31. The van der Waals surface area contributed by atoms with E-state index in [-0.39, 0.29) is 11.4 Å². The van der Waals surface area contributed by atoms with E-state index in [9.17, 15) is 18.0 Å². The van der Waals surface area contributed by atoms with E-state index < -0.39 is 17.5 Å². The minimum atomic E-state index is -1.02. The quantitative estimate of drug-likeness (QED) is 0.624. The number of carbonyl (C=O) groups is 1. The van der Waals surface area contributed by atoms with Crippen LogP contribution in [0.1, 0.15) is 27.0 Å². The summed E-state index contributed by atoms with van der Waals surface area (Å²) in [6.45, 7) is 0. The number of hydrogen-bond donors (Lipinski definition) is 0. The van der Waals surface area contributed by atoms with E-state index in [2.05, 4.69) is 0 Å². The van der Waals surface area contributed by atoms with Crippen molar-refractivity contribution in [1.29, 1.82) is 0 Å². The highest BCUT2D eigenvalue weighted by Crippen LogP contribution is 2.42. The van der Waals surface area contributed by atoms with E-state index in [0.29, 0.717) is 27.8 Å². The fourth-order valence-corrected chi connectivity index (χ4v) is 3.13. The Bertz CT molecular complexity index is 1030. The van der Waals surface area contributed by atoms with Crippen molar-refractivity contribution in [2.24, 2.45) is 0 Å². The molecule has 122 valence electrons. The Hall–Kier alpha value is -3.14. The number of fused-ring (bicyclic) bond motifs is 1. The molecule has 0 fully saturated rings. The lowest BCUT2D eigenvalue weighted by atomic mass is 9.94. The van der Waals surface area contributed by atoms with Crippen molar-refractivity contribution >= 4 is 16.9 Å². The molecule has 0 saturated heterocycles. The van der Waals surface area contributed by atoms with Crippen LogP contribution in [-0.4, -0.2) is 5.78 Å². The van der Waals surface area contributed by atoms with Crippen LogP contribution in [-0.2, 0) is 0 Å². The zero-order valence-electron chi connectivity index (χ0n) is 12.9. The molecule has 0 bridgehead atoms. The standard InChI is InChI=1S/C21H11F3O/c22-14-8-5-12(6-9-14)19-15-3-1-2-4-16(15)21(25)20(19)13-7-10-17(23)18(24)11-13/h1-11H. The largest absolute Gasteiger partial charge is 0.289 e. The second-order valence-corrected chi connectivity index (χ2v) is 5.76. The maximum atomic E-state index is 13.7. The van der Waals surface area contributed by atoms with Crippen LogP contribution in [0.25, 0.3) is 11.1 Å². The minimum absolute atomic E-state index is 0.263. The fraction of sp³-hybridized carbons (Fsp3) is 0. The minimum Gasteiger partial charge on any atom is -0.289 e. The first-order chi connectivity index (χ1) is 12.1. The Kier molecular flexibility index (Phi) is 3.53. The van der Waals surface area contributed by atoms with Crippen LogP contribution in [0, 0.1) is 17.5 Å². The monoisotopic (exact) mass is 336 g/mol. The van der Waals surface area contributed by atoms with Crippen molar-refractivity contribution < 1.29 is 18.0 Å². The van der Waals surface area contributed by atoms with Gasteiger partial charge in [0.05, 0.1) is 0 Å². The molecule has 0 atom stereocenters. The Morgan fingerprint density at radius 3 is 1.92 bits per heavy atom. The Morgan fingerprint density at radius 2 is 1.24 bits per heavy atom. The van der Waals surface area contributed by atoms with Gasteiger partial charge in [0.1, 0.15) is 5.82 Å². The second-order valence-electron chi connectivity index (χ2n) is 5.76. The van der Waals surface area contributed by atoms with Crippen molar-refractivity contribution in [2.75, 3.05) is 0 Å². The summed E-state index contributed by atoms with van der Waals surface area (Å²) in [6.07, 6.45) is 0. The summed E-state index contributed by atoms with van der Waals surface area (Å²) in [4.78, 5) is 12.9. The molecular formula is C21H11F3O. The molecule has 4 heteroatoms. The predicted molar refractivity (Wildman–Crippen MR) is 89.4 cm³/mol. The molecule has 3 aromatic rings. The Labute approximate surface area is 142 Å². The second kappa shape index (κ2) is 5.74. The third kappa shape index (κ3) is 2.47. The van der Waals surface area contributed by atoms with E-state index in [1.165, 1.54) is 18.2 Å². The van der Waals surface area contributed by atoms with Crippen molar-refractivity contribution in [3.8, 4) is 0 Å². The van der Waals surface area contributed by atoms with E-state index in [4.69, 9.17) is 0 Å². The number of Topliss-reactive ketones (excluding diaryl/α,β-unsaturated/α-hetero) is 1. The summed E-state index contributed by atoms with van der Waals surface area (Å²) in [6, 6.07) is 16.1. The summed E-state index contributed by atoms with van der Waals surface area (Å²) < 4.78 is 40.3. The molecule has 25 heavy (non-hydrogen) atoms. The fourth-order valence-electron chi connectivity index (χ4n) is 3.13. The molecule has 0 amide bonds. The van der Waals surface area contributed by atoms with E-state index in [1.54, 1.807) is 36.4 Å². The highest BCUT2D eigenvalue weighted by molar-refractivity contribution is 6.41. The molecule has 0 aromatic heterocycles. The number of ketones is 1. The Balaban J connectivity index is 2.02. The smallest absolute Gasteiger partial charge is 0.194 e. The molecular weight excluding hydrogens is 325 g/mol. The van der Waals surface area contributed by atoms with Gasteiger partial charge in [-0.1, -0.05) is 42.5 Å². The first kappa shape index (κ1) is 15.4. The SMILES string of the molecule is O=C1C(c2ccc(F)c(F)c2)=C(c2ccc(F)cc2)c2ccccc21. The number of rotatable bonds is 2. The molecule has 0 spiro atoms. The normalized spacial score (nSPS) is 13.3. The molecule has 0 radical (unpaired) electrons. The first-order valence-corrected chi connectivity index (χ1v) is 7.66. The van der Waals surface area contributed by atoms with Crippen LogP contribution < -0.4 is 0 Å². The number of allylic oxidation sites excluding steroid dienone is 1. The molecule has 1 aliphatic carbocycles. The van der Waals surface area contributed by atoms with Crippen LogP contribution in [0.5, 0.6) is 0 Å². The van der Waals surface area contributed by atoms with Gasteiger partial charge in [-0.3, -0.25) is 4.79 Å². The number of hydrogen-bond acceptors (Lipinski definition) is 1. The van der Waals surface area contributed by atoms with E-state index in [0.717, 1.165) is 12.1 Å². The number of halogens is 3. The molecule has 1 nitrogen and oxygen atoms in total. The Morgan fingerprint density at radius 1 is 0.600 bits per heavy atom. The molecule has 0 saturated carbocycles. The topological polar surface area (TPSA) is 17.1 Å². The zero-order chi connectivity index (χ0) is 17.6.